The van der Waals surface area contributed by atoms with E-state index in [1.807, 2.05) is 42.6 Å². The van der Waals surface area contributed by atoms with E-state index in [9.17, 15) is 14.9 Å². The van der Waals surface area contributed by atoms with E-state index in [4.69, 9.17) is 0 Å². The van der Waals surface area contributed by atoms with Crippen LogP contribution in [0.15, 0.2) is 82.6 Å². The Morgan fingerprint density at radius 3 is 2.65 bits per heavy atom. The first-order chi connectivity index (χ1) is 15.0. The SMILES string of the molecule is O=C(NN=Cc1cn(Cc2ccc(Br)cc2)c2ccccc12)c1ccc([N+](=O)[O-])cn1. The predicted octanol–water partition coefficient (Wildman–Crippen LogP) is 4.52. The number of nitrogens with zero attached hydrogens (tertiary/aromatic N) is 4. The van der Waals surface area contributed by atoms with Crippen molar-refractivity contribution in [3.63, 3.8) is 0 Å². The smallest absolute Gasteiger partial charge is 0.289 e. The van der Waals surface area contributed by atoms with E-state index in [2.05, 4.69) is 48.1 Å². The van der Waals surface area contributed by atoms with Crippen LogP contribution in [0, 0.1) is 10.1 Å². The molecule has 0 radical (unpaired) electrons. The van der Waals surface area contributed by atoms with Crippen LogP contribution in [0.2, 0.25) is 0 Å². The van der Waals surface area contributed by atoms with Gasteiger partial charge in [0.1, 0.15) is 11.9 Å². The van der Waals surface area contributed by atoms with Gasteiger partial charge in [-0.25, -0.2) is 10.4 Å². The molecule has 0 unspecified atom stereocenters. The number of nitro groups is 1. The van der Waals surface area contributed by atoms with Crippen LogP contribution < -0.4 is 5.43 Å². The molecular formula is C22H16BrN5O3. The molecule has 4 rings (SSSR count). The first kappa shape index (κ1) is 20.4. The lowest BCUT2D eigenvalue weighted by molar-refractivity contribution is -0.385. The fourth-order valence-electron chi connectivity index (χ4n) is 3.14. The zero-order chi connectivity index (χ0) is 21.8. The van der Waals surface area contributed by atoms with Gasteiger partial charge in [-0.3, -0.25) is 14.9 Å². The summed E-state index contributed by atoms with van der Waals surface area (Å²) < 4.78 is 3.15. The summed E-state index contributed by atoms with van der Waals surface area (Å²) in [5.74, 6) is -0.551. The zero-order valence-corrected chi connectivity index (χ0v) is 17.7. The van der Waals surface area contributed by atoms with Crippen LogP contribution in [0.3, 0.4) is 0 Å². The third-order valence-electron chi connectivity index (χ3n) is 4.65. The van der Waals surface area contributed by atoms with Crippen LogP contribution in [0.25, 0.3) is 10.9 Å². The fourth-order valence-corrected chi connectivity index (χ4v) is 3.41. The molecule has 154 valence electrons. The number of nitrogens with one attached hydrogen (secondary N) is 1. The summed E-state index contributed by atoms with van der Waals surface area (Å²) >= 11 is 3.45. The summed E-state index contributed by atoms with van der Waals surface area (Å²) in [7, 11) is 0. The van der Waals surface area contributed by atoms with Gasteiger partial charge in [-0.15, -0.1) is 0 Å². The Labute approximate surface area is 185 Å². The highest BCUT2D eigenvalue weighted by Crippen LogP contribution is 2.22. The number of benzene rings is 2. The number of carbonyl (C=O) groups is 1. The average molecular weight is 478 g/mol. The van der Waals surface area contributed by atoms with Crippen molar-refractivity contribution in [3.05, 3.63) is 104 Å². The molecule has 0 fully saturated rings. The number of hydrazone groups is 1. The molecule has 2 heterocycles. The van der Waals surface area contributed by atoms with E-state index in [0.29, 0.717) is 6.54 Å². The van der Waals surface area contributed by atoms with Crippen molar-refractivity contribution >= 4 is 44.6 Å². The second-order valence-corrected chi connectivity index (χ2v) is 7.63. The van der Waals surface area contributed by atoms with Gasteiger partial charge < -0.3 is 4.57 Å². The monoisotopic (exact) mass is 477 g/mol. The number of para-hydroxylation sites is 1. The van der Waals surface area contributed by atoms with Gasteiger partial charge in [0, 0.05) is 39.7 Å². The average Bonchev–Trinajstić information content (AvgIpc) is 3.13. The van der Waals surface area contributed by atoms with Gasteiger partial charge in [-0.2, -0.15) is 5.10 Å². The molecule has 0 spiro atoms. The summed E-state index contributed by atoms with van der Waals surface area (Å²) in [5.41, 5.74) is 5.33. The van der Waals surface area contributed by atoms with Gasteiger partial charge in [-0.1, -0.05) is 46.3 Å². The number of carbonyl (C=O) groups excluding carboxylic acids is 1. The standard InChI is InChI=1S/C22H16BrN5O3/c23-17-7-5-15(6-8-17)13-27-14-16(19-3-1-2-4-21(19)27)11-25-26-22(29)20-10-9-18(12-24-20)28(30)31/h1-12,14H,13H2,(H,26,29). The quantitative estimate of drug-likeness (QED) is 0.250. The van der Waals surface area contributed by atoms with Gasteiger partial charge in [0.15, 0.2) is 0 Å². The normalized spacial score (nSPS) is 11.1. The fraction of sp³-hybridized carbons (Fsp3) is 0.0455. The summed E-state index contributed by atoms with van der Waals surface area (Å²) in [6.07, 6.45) is 4.59. The molecule has 0 aliphatic carbocycles. The number of fused-ring (bicyclic) bond motifs is 1. The Morgan fingerprint density at radius 2 is 1.94 bits per heavy atom. The Balaban J connectivity index is 1.52. The van der Waals surface area contributed by atoms with Crippen LogP contribution in [0.1, 0.15) is 21.6 Å². The lowest BCUT2D eigenvalue weighted by Gasteiger charge is -2.05. The summed E-state index contributed by atoms with van der Waals surface area (Å²) in [6, 6.07) is 18.6. The molecule has 8 nitrogen and oxygen atoms in total. The molecule has 0 saturated heterocycles. The highest BCUT2D eigenvalue weighted by molar-refractivity contribution is 9.10. The number of halogens is 1. The van der Waals surface area contributed by atoms with E-state index >= 15 is 0 Å². The number of aromatic nitrogens is 2. The topological polar surface area (TPSA) is 102 Å². The van der Waals surface area contributed by atoms with Gasteiger partial charge in [0.05, 0.1) is 11.1 Å². The zero-order valence-electron chi connectivity index (χ0n) is 16.1. The first-order valence-electron chi connectivity index (χ1n) is 9.27. The van der Waals surface area contributed by atoms with E-state index in [1.54, 1.807) is 6.21 Å². The molecule has 0 saturated carbocycles. The minimum Gasteiger partial charge on any atom is -0.342 e. The summed E-state index contributed by atoms with van der Waals surface area (Å²) in [6.45, 7) is 0.695. The third-order valence-corrected chi connectivity index (χ3v) is 5.18. The maximum absolute atomic E-state index is 12.2. The maximum atomic E-state index is 12.2. The van der Waals surface area contributed by atoms with Crippen molar-refractivity contribution in [1.29, 1.82) is 0 Å². The Kier molecular flexibility index (Phi) is 5.85. The highest BCUT2D eigenvalue weighted by Gasteiger charge is 2.11. The Bertz CT molecular complexity index is 1280. The highest BCUT2D eigenvalue weighted by atomic mass is 79.9. The third kappa shape index (κ3) is 4.67. The Morgan fingerprint density at radius 1 is 1.16 bits per heavy atom. The van der Waals surface area contributed by atoms with E-state index in [-0.39, 0.29) is 11.4 Å². The first-order valence-corrected chi connectivity index (χ1v) is 10.1. The van der Waals surface area contributed by atoms with Crippen molar-refractivity contribution in [2.75, 3.05) is 0 Å². The number of hydrogen-bond acceptors (Lipinski definition) is 5. The molecule has 2 aromatic carbocycles. The lowest BCUT2D eigenvalue weighted by atomic mass is 10.2. The molecule has 1 amide bonds. The van der Waals surface area contributed by atoms with E-state index in [0.717, 1.165) is 32.7 Å². The number of rotatable bonds is 6. The van der Waals surface area contributed by atoms with Crippen LogP contribution in [-0.2, 0) is 6.54 Å². The minimum atomic E-state index is -0.573. The van der Waals surface area contributed by atoms with Gasteiger partial charge in [-0.05, 0) is 29.8 Å². The predicted molar refractivity (Wildman–Crippen MR) is 121 cm³/mol. The molecule has 31 heavy (non-hydrogen) atoms. The van der Waals surface area contributed by atoms with Crippen molar-refractivity contribution < 1.29 is 9.72 Å². The van der Waals surface area contributed by atoms with Crippen molar-refractivity contribution in [1.82, 2.24) is 15.0 Å². The van der Waals surface area contributed by atoms with E-state index in [1.165, 1.54) is 12.1 Å². The molecule has 0 aliphatic heterocycles. The molecule has 1 N–H and O–H groups in total. The van der Waals surface area contributed by atoms with Crippen LogP contribution >= 0.6 is 15.9 Å². The van der Waals surface area contributed by atoms with Crippen molar-refractivity contribution in [2.24, 2.45) is 5.10 Å². The van der Waals surface area contributed by atoms with Crippen molar-refractivity contribution in [3.8, 4) is 0 Å². The second kappa shape index (κ2) is 8.88. The van der Waals surface area contributed by atoms with Crippen LogP contribution in [-0.4, -0.2) is 26.6 Å². The van der Waals surface area contributed by atoms with Gasteiger partial charge in [0.2, 0.25) is 0 Å². The molecule has 0 aliphatic rings. The molecule has 4 aromatic rings. The van der Waals surface area contributed by atoms with Crippen LogP contribution in [0.4, 0.5) is 5.69 Å². The maximum Gasteiger partial charge on any atom is 0.289 e. The van der Waals surface area contributed by atoms with Gasteiger partial charge >= 0.3 is 0 Å². The van der Waals surface area contributed by atoms with Gasteiger partial charge in [0.25, 0.3) is 11.6 Å². The largest absolute Gasteiger partial charge is 0.342 e. The molecule has 9 heteroatoms. The molecular weight excluding hydrogens is 462 g/mol. The molecule has 2 aromatic heterocycles. The molecule has 0 atom stereocenters. The summed E-state index contributed by atoms with van der Waals surface area (Å²) in [5, 5.41) is 15.7. The molecule has 0 bridgehead atoms. The number of amides is 1. The van der Waals surface area contributed by atoms with E-state index < -0.39 is 10.8 Å². The minimum absolute atomic E-state index is 0.0421. The van der Waals surface area contributed by atoms with Crippen LogP contribution in [0.5, 0.6) is 0 Å². The number of pyridine rings is 1. The number of hydrogen-bond donors (Lipinski definition) is 1. The van der Waals surface area contributed by atoms with Crippen molar-refractivity contribution in [2.45, 2.75) is 6.54 Å². The lowest BCUT2D eigenvalue weighted by Crippen LogP contribution is -2.18. The Hall–Kier alpha value is -3.85. The second-order valence-electron chi connectivity index (χ2n) is 6.71. The summed E-state index contributed by atoms with van der Waals surface area (Å²) in [4.78, 5) is 26.1.